The highest BCUT2D eigenvalue weighted by molar-refractivity contribution is 7.89. The van der Waals surface area contributed by atoms with Crippen molar-refractivity contribution in [2.75, 3.05) is 25.6 Å². The van der Waals surface area contributed by atoms with Gasteiger partial charge in [-0.2, -0.15) is 0 Å². The van der Waals surface area contributed by atoms with Gasteiger partial charge in [0, 0.05) is 36.5 Å². The SMILES string of the molecule is COCCNS(=O)(=O)c1ccc(C)c(C(=O)c2ccc(Nc3ccc(F)cc3F)cc2Cl)c1. The summed E-state index contributed by atoms with van der Waals surface area (Å²) in [6.07, 6.45) is 0. The van der Waals surface area contributed by atoms with Crippen LogP contribution in [-0.2, 0) is 14.8 Å². The van der Waals surface area contributed by atoms with Gasteiger partial charge in [0.05, 0.1) is 22.2 Å². The fourth-order valence-electron chi connectivity index (χ4n) is 3.04. The highest BCUT2D eigenvalue weighted by Crippen LogP contribution is 2.28. The molecule has 3 rings (SSSR count). The molecule has 0 unspecified atom stereocenters. The van der Waals surface area contributed by atoms with Crippen molar-refractivity contribution in [2.45, 2.75) is 11.8 Å². The summed E-state index contributed by atoms with van der Waals surface area (Å²) in [7, 11) is -2.38. The number of anilines is 2. The molecule has 0 radical (unpaired) electrons. The van der Waals surface area contributed by atoms with Crippen LogP contribution in [0.15, 0.2) is 59.5 Å². The van der Waals surface area contributed by atoms with Gasteiger partial charge in [-0.1, -0.05) is 17.7 Å². The Morgan fingerprint density at radius 2 is 1.79 bits per heavy atom. The number of aryl methyl sites for hydroxylation is 1. The molecule has 0 bridgehead atoms. The molecule has 10 heteroatoms. The second kappa shape index (κ2) is 10.4. The molecule has 0 amide bonds. The van der Waals surface area contributed by atoms with Crippen LogP contribution < -0.4 is 10.0 Å². The summed E-state index contributed by atoms with van der Waals surface area (Å²) in [5.74, 6) is -1.95. The lowest BCUT2D eigenvalue weighted by Gasteiger charge is -2.12. The zero-order valence-corrected chi connectivity index (χ0v) is 19.4. The van der Waals surface area contributed by atoms with Crippen LogP contribution in [0.5, 0.6) is 0 Å². The predicted molar refractivity (Wildman–Crippen MR) is 123 cm³/mol. The number of rotatable bonds is 9. The molecule has 0 heterocycles. The first-order chi connectivity index (χ1) is 15.6. The average Bonchev–Trinajstić information content (AvgIpc) is 2.75. The number of nitrogens with one attached hydrogen (secondary N) is 2. The number of hydrogen-bond donors (Lipinski definition) is 2. The molecule has 0 atom stereocenters. The van der Waals surface area contributed by atoms with E-state index in [1.807, 2.05) is 0 Å². The minimum Gasteiger partial charge on any atom is -0.383 e. The van der Waals surface area contributed by atoms with Crippen molar-refractivity contribution in [3.8, 4) is 0 Å². The Hall–Kier alpha value is -2.85. The number of benzene rings is 3. The van der Waals surface area contributed by atoms with Crippen molar-refractivity contribution in [1.29, 1.82) is 0 Å². The average molecular weight is 495 g/mol. The number of hydrogen-bond acceptors (Lipinski definition) is 5. The summed E-state index contributed by atoms with van der Waals surface area (Å²) in [5.41, 5.74) is 1.32. The van der Waals surface area contributed by atoms with E-state index in [1.165, 1.54) is 43.5 Å². The van der Waals surface area contributed by atoms with Crippen molar-refractivity contribution in [3.63, 3.8) is 0 Å². The van der Waals surface area contributed by atoms with Crippen LogP contribution in [-0.4, -0.2) is 34.5 Å². The summed E-state index contributed by atoms with van der Waals surface area (Å²) in [4.78, 5) is 13.1. The normalized spacial score (nSPS) is 11.4. The van der Waals surface area contributed by atoms with Crippen molar-refractivity contribution >= 4 is 38.8 Å². The molecule has 0 aliphatic rings. The molecule has 0 aliphatic heterocycles. The standard InChI is InChI=1S/C23H21ClF2N2O4S/c1-14-3-6-17(33(30,31)27-9-10-32-2)13-19(14)23(29)18-7-5-16(12-20(18)24)28-22-8-4-15(25)11-21(22)26/h3-8,11-13,27-28H,9-10H2,1-2H3. The summed E-state index contributed by atoms with van der Waals surface area (Å²) in [6.45, 7) is 1.97. The number of carbonyl (C=O) groups excluding carboxylic acids is 1. The number of halogens is 3. The van der Waals surface area contributed by atoms with Gasteiger partial charge in [-0.3, -0.25) is 4.79 Å². The highest BCUT2D eigenvalue weighted by Gasteiger charge is 2.20. The smallest absolute Gasteiger partial charge is 0.240 e. The Bertz CT molecular complexity index is 1300. The van der Waals surface area contributed by atoms with Gasteiger partial charge in [-0.25, -0.2) is 21.9 Å². The van der Waals surface area contributed by atoms with Crippen LogP contribution in [0.4, 0.5) is 20.2 Å². The van der Waals surface area contributed by atoms with E-state index in [1.54, 1.807) is 13.0 Å². The third-order valence-electron chi connectivity index (χ3n) is 4.79. The maximum atomic E-state index is 13.9. The fraction of sp³-hybridized carbons (Fsp3) is 0.174. The maximum absolute atomic E-state index is 13.9. The Morgan fingerprint density at radius 3 is 2.45 bits per heavy atom. The molecular weight excluding hydrogens is 474 g/mol. The number of ether oxygens (including phenoxy) is 1. The van der Waals surface area contributed by atoms with Crippen LogP contribution in [0.2, 0.25) is 5.02 Å². The lowest BCUT2D eigenvalue weighted by atomic mass is 9.99. The highest BCUT2D eigenvalue weighted by atomic mass is 35.5. The van der Waals surface area contributed by atoms with E-state index in [4.69, 9.17) is 16.3 Å². The van der Waals surface area contributed by atoms with Gasteiger partial charge in [-0.05, 0) is 55.0 Å². The summed E-state index contributed by atoms with van der Waals surface area (Å²) < 4.78 is 59.2. The molecule has 0 aliphatic carbocycles. The van der Waals surface area contributed by atoms with Gasteiger partial charge < -0.3 is 10.1 Å². The lowest BCUT2D eigenvalue weighted by molar-refractivity contribution is 0.103. The third-order valence-corrected chi connectivity index (χ3v) is 6.56. The van der Waals surface area contributed by atoms with E-state index < -0.39 is 27.4 Å². The first kappa shape index (κ1) is 24.8. The molecule has 0 spiro atoms. The Balaban J connectivity index is 1.87. The van der Waals surface area contributed by atoms with Crippen LogP contribution >= 0.6 is 11.6 Å². The topological polar surface area (TPSA) is 84.5 Å². The number of ketones is 1. The van der Waals surface area contributed by atoms with Gasteiger partial charge in [0.25, 0.3) is 0 Å². The van der Waals surface area contributed by atoms with Crippen LogP contribution in [0.3, 0.4) is 0 Å². The van der Waals surface area contributed by atoms with Crippen LogP contribution in [0.1, 0.15) is 21.5 Å². The Labute approximate surface area is 195 Å². The second-order valence-corrected chi connectivity index (χ2v) is 9.31. The van der Waals surface area contributed by atoms with Gasteiger partial charge in [0.1, 0.15) is 11.6 Å². The van der Waals surface area contributed by atoms with Gasteiger partial charge in [0.2, 0.25) is 10.0 Å². The van der Waals surface area contributed by atoms with E-state index in [-0.39, 0.29) is 39.9 Å². The maximum Gasteiger partial charge on any atom is 0.240 e. The third kappa shape index (κ3) is 5.94. The molecule has 3 aromatic carbocycles. The van der Waals surface area contributed by atoms with Gasteiger partial charge >= 0.3 is 0 Å². The Kier molecular flexibility index (Phi) is 7.80. The van der Waals surface area contributed by atoms with Crippen LogP contribution in [0, 0.1) is 18.6 Å². The van der Waals surface area contributed by atoms with E-state index >= 15 is 0 Å². The molecule has 3 aromatic rings. The number of carbonyl (C=O) groups is 1. The van der Waals surface area contributed by atoms with Crippen molar-refractivity contribution in [2.24, 2.45) is 0 Å². The van der Waals surface area contributed by atoms with Crippen molar-refractivity contribution < 1.29 is 26.7 Å². The molecule has 33 heavy (non-hydrogen) atoms. The van der Waals surface area contributed by atoms with E-state index in [0.29, 0.717) is 11.3 Å². The quantitative estimate of drug-likeness (QED) is 0.329. The van der Waals surface area contributed by atoms with Crippen LogP contribution in [0.25, 0.3) is 0 Å². The molecule has 0 fully saturated rings. The lowest BCUT2D eigenvalue weighted by Crippen LogP contribution is -2.27. The molecule has 6 nitrogen and oxygen atoms in total. The van der Waals surface area contributed by atoms with Gasteiger partial charge in [-0.15, -0.1) is 0 Å². The molecule has 0 saturated carbocycles. The van der Waals surface area contributed by atoms with Crippen molar-refractivity contribution in [3.05, 3.63) is 87.9 Å². The zero-order chi connectivity index (χ0) is 24.2. The minimum atomic E-state index is -3.83. The summed E-state index contributed by atoms with van der Waals surface area (Å²) in [5, 5.41) is 2.86. The molecule has 0 saturated heterocycles. The van der Waals surface area contributed by atoms with E-state index in [0.717, 1.165) is 12.1 Å². The van der Waals surface area contributed by atoms with E-state index in [2.05, 4.69) is 10.0 Å². The molecule has 2 N–H and O–H groups in total. The van der Waals surface area contributed by atoms with E-state index in [9.17, 15) is 22.0 Å². The second-order valence-electron chi connectivity index (χ2n) is 7.14. The summed E-state index contributed by atoms with van der Waals surface area (Å²) in [6, 6.07) is 11.7. The number of methoxy groups -OCH3 is 1. The Morgan fingerprint density at radius 1 is 1.03 bits per heavy atom. The predicted octanol–water partition coefficient (Wildman–Crippen LogP) is 4.83. The first-order valence-corrected chi connectivity index (χ1v) is 11.6. The first-order valence-electron chi connectivity index (χ1n) is 9.78. The molecular formula is C23H21ClF2N2O4S. The summed E-state index contributed by atoms with van der Waals surface area (Å²) >= 11 is 6.31. The van der Waals surface area contributed by atoms with Crippen molar-refractivity contribution in [1.82, 2.24) is 4.72 Å². The zero-order valence-electron chi connectivity index (χ0n) is 17.8. The fourth-order valence-corrected chi connectivity index (χ4v) is 4.35. The monoisotopic (exact) mass is 494 g/mol. The molecule has 0 aromatic heterocycles. The van der Waals surface area contributed by atoms with Gasteiger partial charge in [0.15, 0.2) is 5.78 Å². The largest absolute Gasteiger partial charge is 0.383 e. The minimum absolute atomic E-state index is 0.0428. The number of sulfonamides is 1. The molecule has 174 valence electrons.